The van der Waals surface area contributed by atoms with Gasteiger partial charge in [0.25, 0.3) is 0 Å². The quantitative estimate of drug-likeness (QED) is 0.717. The Labute approximate surface area is 123 Å². The molecule has 0 N–H and O–H groups in total. The highest BCUT2D eigenvalue weighted by atomic mass is 16.5. The molecule has 0 unspecified atom stereocenters. The van der Waals surface area contributed by atoms with Gasteiger partial charge in [-0.1, -0.05) is 40.6 Å². The van der Waals surface area contributed by atoms with Gasteiger partial charge in [-0.2, -0.15) is 0 Å². The Hall–Kier alpha value is -2.40. The number of nitrogens with zero attached hydrogens (tertiary/aromatic N) is 3. The second-order valence-corrected chi connectivity index (χ2v) is 5.06. The van der Waals surface area contributed by atoms with Crippen molar-refractivity contribution in [3.05, 3.63) is 60.2 Å². The molecular formula is C16H17N3O2. The zero-order valence-electron chi connectivity index (χ0n) is 12.1. The summed E-state index contributed by atoms with van der Waals surface area (Å²) in [5.74, 6) is 0.826. The molecule has 1 atom stereocenters. The Kier molecular flexibility index (Phi) is 3.83. The molecule has 0 spiro atoms. The fourth-order valence-corrected chi connectivity index (χ4v) is 2.18. The number of rotatable bonds is 5. The normalized spacial score (nSPS) is 12.7. The van der Waals surface area contributed by atoms with Crippen LogP contribution in [0.2, 0.25) is 0 Å². The van der Waals surface area contributed by atoms with Gasteiger partial charge in [0.1, 0.15) is 17.7 Å². The van der Waals surface area contributed by atoms with Crippen molar-refractivity contribution < 1.29 is 9.05 Å². The van der Waals surface area contributed by atoms with E-state index in [4.69, 9.17) is 9.05 Å². The van der Waals surface area contributed by atoms with E-state index in [1.165, 1.54) is 0 Å². The van der Waals surface area contributed by atoms with Crippen molar-refractivity contribution in [3.8, 4) is 11.3 Å². The van der Waals surface area contributed by atoms with E-state index in [2.05, 4.69) is 22.1 Å². The smallest absolute Gasteiger partial charge is 0.151 e. The summed E-state index contributed by atoms with van der Waals surface area (Å²) in [5.41, 5.74) is 2.81. The highest BCUT2D eigenvalue weighted by Crippen LogP contribution is 2.22. The largest absolute Gasteiger partial charge is 0.364 e. The SMILES string of the molecule is C[C@H](c1ccon1)N(C)Cc1cc(-c2ccccc2)no1. The van der Waals surface area contributed by atoms with Crippen LogP contribution in [0.25, 0.3) is 11.3 Å². The van der Waals surface area contributed by atoms with Crippen molar-refractivity contribution in [3.63, 3.8) is 0 Å². The van der Waals surface area contributed by atoms with E-state index < -0.39 is 0 Å². The van der Waals surface area contributed by atoms with Crippen molar-refractivity contribution in [1.82, 2.24) is 15.2 Å². The monoisotopic (exact) mass is 283 g/mol. The third-order valence-corrected chi connectivity index (χ3v) is 3.58. The minimum Gasteiger partial charge on any atom is -0.364 e. The summed E-state index contributed by atoms with van der Waals surface area (Å²) in [4.78, 5) is 2.13. The minimum atomic E-state index is 0.147. The fraction of sp³-hybridized carbons (Fsp3) is 0.250. The topological polar surface area (TPSA) is 55.3 Å². The lowest BCUT2D eigenvalue weighted by Gasteiger charge is -2.20. The first kappa shape index (κ1) is 13.6. The lowest BCUT2D eigenvalue weighted by atomic mass is 10.1. The van der Waals surface area contributed by atoms with Crippen molar-refractivity contribution in [2.45, 2.75) is 19.5 Å². The minimum absolute atomic E-state index is 0.147. The van der Waals surface area contributed by atoms with Gasteiger partial charge < -0.3 is 9.05 Å². The van der Waals surface area contributed by atoms with E-state index in [9.17, 15) is 0 Å². The number of hydrogen-bond donors (Lipinski definition) is 0. The van der Waals surface area contributed by atoms with Gasteiger partial charge in [0.2, 0.25) is 0 Å². The van der Waals surface area contributed by atoms with Crippen molar-refractivity contribution in [2.75, 3.05) is 7.05 Å². The van der Waals surface area contributed by atoms with Gasteiger partial charge in [-0.3, -0.25) is 4.90 Å². The zero-order chi connectivity index (χ0) is 14.7. The van der Waals surface area contributed by atoms with Crippen LogP contribution in [0.5, 0.6) is 0 Å². The van der Waals surface area contributed by atoms with Crippen LogP contribution in [0.4, 0.5) is 0 Å². The van der Waals surface area contributed by atoms with Crippen LogP contribution >= 0.6 is 0 Å². The Bertz CT molecular complexity index is 677. The van der Waals surface area contributed by atoms with E-state index in [0.29, 0.717) is 6.54 Å². The second-order valence-electron chi connectivity index (χ2n) is 5.06. The summed E-state index contributed by atoms with van der Waals surface area (Å²) < 4.78 is 10.3. The standard InChI is InChI=1S/C16H17N3O2/c1-12(15-8-9-20-17-15)19(2)11-14-10-16(18-21-14)13-6-4-3-5-7-13/h3-10,12H,11H2,1-2H3/t12-/m1/s1. The molecule has 0 saturated carbocycles. The zero-order valence-corrected chi connectivity index (χ0v) is 12.1. The highest BCUT2D eigenvalue weighted by molar-refractivity contribution is 5.58. The Morgan fingerprint density at radius 3 is 2.67 bits per heavy atom. The first-order valence-electron chi connectivity index (χ1n) is 6.85. The number of hydrogen-bond acceptors (Lipinski definition) is 5. The van der Waals surface area contributed by atoms with Crippen LogP contribution in [-0.4, -0.2) is 22.3 Å². The first-order valence-corrected chi connectivity index (χ1v) is 6.85. The maximum atomic E-state index is 5.42. The van der Waals surface area contributed by atoms with Crippen molar-refractivity contribution in [2.24, 2.45) is 0 Å². The molecule has 0 aliphatic heterocycles. The third kappa shape index (κ3) is 3.03. The van der Waals surface area contributed by atoms with Crippen LogP contribution < -0.4 is 0 Å². The van der Waals surface area contributed by atoms with Crippen LogP contribution in [0, 0.1) is 0 Å². The highest BCUT2D eigenvalue weighted by Gasteiger charge is 2.16. The molecule has 0 fully saturated rings. The predicted molar refractivity (Wildman–Crippen MR) is 78.3 cm³/mol. The van der Waals surface area contributed by atoms with Crippen molar-refractivity contribution in [1.29, 1.82) is 0 Å². The molecule has 0 amide bonds. The molecule has 2 aromatic heterocycles. The average molecular weight is 283 g/mol. The lowest BCUT2D eigenvalue weighted by molar-refractivity contribution is 0.213. The van der Waals surface area contributed by atoms with Crippen LogP contribution in [-0.2, 0) is 6.54 Å². The predicted octanol–water partition coefficient (Wildman–Crippen LogP) is 3.52. The maximum absolute atomic E-state index is 5.42. The molecule has 0 saturated heterocycles. The molecule has 0 bridgehead atoms. The van der Waals surface area contributed by atoms with E-state index in [0.717, 1.165) is 22.7 Å². The maximum Gasteiger partial charge on any atom is 0.151 e. The van der Waals surface area contributed by atoms with E-state index in [-0.39, 0.29) is 6.04 Å². The summed E-state index contributed by atoms with van der Waals surface area (Å²) in [6, 6.07) is 14.0. The van der Waals surface area contributed by atoms with E-state index >= 15 is 0 Å². The molecule has 0 aliphatic carbocycles. The molecule has 2 heterocycles. The molecule has 0 radical (unpaired) electrons. The molecule has 5 heteroatoms. The molecule has 21 heavy (non-hydrogen) atoms. The third-order valence-electron chi connectivity index (χ3n) is 3.58. The van der Waals surface area contributed by atoms with E-state index in [1.807, 2.05) is 49.5 Å². The van der Waals surface area contributed by atoms with Crippen LogP contribution in [0.1, 0.15) is 24.4 Å². The van der Waals surface area contributed by atoms with Gasteiger partial charge in [-0.25, -0.2) is 0 Å². The Morgan fingerprint density at radius 2 is 1.95 bits per heavy atom. The van der Waals surface area contributed by atoms with Crippen molar-refractivity contribution >= 4 is 0 Å². The average Bonchev–Trinajstić information content (AvgIpc) is 3.19. The first-order chi connectivity index (χ1) is 10.2. The van der Waals surface area contributed by atoms with E-state index in [1.54, 1.807) is 6.26 Å². The van der Waals surface area contributed by atoms with Gasteiger partial charge >= 0.3 is 0 Å². The summed E-state index contributed by atoms with van der Waals surface area (Å²) in [6.45, 7) is 2.74. The fourth-order valence-electron chi connectivity index (χ4n) is 2.18. The summed E-state index contributed by atoms with van der Waals surface area (Å²) in [7, 11) is 2.02. The summed E-state index contributed by atoms with van der Waals surface area (Å²) in [6.07, 6.45) is 1.58. The molecule has 1 aromatic carbocycles. The molecule has 0 aliphatic rings. The molecule has 5 nitrogen and oxygen atoms in total. The summed E-state index contributed by atoms with van der Waals surface area (Å²) >= 11 is 0. The Balaban J connectivity index is 1.70. The van der Waals surface area contributed by atoms with Gasteiger partial charge in [0, 0.05) is 17.7 Å². The molecule has 108 valence electrons. The van der Waals surface area contributed by atoms with Gasteiger partial charge in [0.05, 0.1) is 12.6 Å². The summed E-state index contributed by atoms with van der Waals surface area (Å²) in [5, 5.41) is 8.09. The lowest BCUT2D eigenvalue weighted by Crippen LogP contribution is -2.21. The number of aromatic nitrogens is 2. The second kappa shape index (κ2) is 5.93. The molecular weight excluding hydrogens is 266 g/mol. The van der Waals surface area contributed by atoms with Gasteiger partial charge in [-0.15, -0.1) is 0 Å². The van der Waals surface area contributed by atoms with Crippen LogP contribution in [0.3, 0.4) is 0 Å². The van der Waals surface area contributed by atoms with Gasteiger partial charge in [0.15, 0.2) is 5.76 Å². The Morgan fingerprint density at radius 1 is 1.14 bits per heavy atom. The number of benzene rings is 1. The van der Waals surface area contributed by atoms with Gasteiger partial charge in [-0.05, 0) is 14.0 Å². The molecule has 3 rings (SSSR count). The molecule has 3 aromatic rings. The van der Waals surface area contributed by atoms with Crippen LogP contribution in [0.15, 0.2) is 57.8 Å².